The zero-order chi connectivity index (χ0) is 19.1. The van der Waals surface area contributed by atoms with Crippen molar-refractivity contribution in [3.8, 4) is 0 Å². The third-order valence-corrected chi connectivity index (χ3v) is 2.68. The largest absolute Gasteiger partial charge is 0.444 e. The van der Waals surface area contributed by atoms with E-state index in [4.69, 9.17) is 14.2 Å². The lowest BCUT2D eigenvalue weighted by molar-refractivity contribution is -0.126. The second kappa shape index (κ2) is 13.4. The fourth-order valence-electron chi connectivity index (χ4n) is 1.58. The van der Waals surface area contributed by atoms with E-state index in [1.165, 1.54) is 0 Å². The maximum Gasteiger partial charge on any atom is 0.407 e. The number of nitrogens with one attached hydrogen (secondary N) is 3. The summed E-state index contributed by atoms with van der Waals surface area (Å²) in [5.41, 5.74) is -0.564. The maximum absolute atomic E-state index is 11.6. The lowest BCUT2D eigenvalue weighted by Gasteiger charge is -2.19. The standard InChI is InChI=1S/C16H31N3O6/c1-16(2,3)25-15(22)19-9-6-13(20)17-7-5-8-18-14(21)12-24-11-10-23-4/h5-12H2,1-4H3,(H,17,20)(H,18,21)(H,19,22). The molecular weight excluding hydrogens is 330 g/mol. The van der Waals surface area contributed by atoms with Gasteiger partial charge in [-0.2, -0.15) is 0 Å². The zero-order valence-electron chi connectivity index (χ0n) is 15.6. The molecule has 0 spiro atoms. The van der Waals surface area contributed by atoms with Gasteiger partial charge in [-0.15, -0.1) is 0 Å². The van der Waals surface area contributed by atoms with E-state index < -0.39 is 11.7 Å². The number of carbonyl (C=O) groups excluding carboxylic acids is 3. The molecule has 0 aliphatic rings. The van der Waals surface area contributed by atoms with Gasteiger partial charge in [-0.1, -0.05) is 0 Å². The van der Waals surface area contributed by atoms with Crippen LogP contribution in [-0.2, 0) is 23.8 Å². The summed E-state index contributed by atoms with van der Waals surface area (Å²) in [6.45, 7) is 7.21. The minimum absolute atomic E-state index is 0.00788. The number of hydrogen-bond acceptors (Lipinski definition) is 6. The first kappa shape index (κ1) is 23.1. The van der Waals surface area contributed by atoms with Crippen LogP contribution in [0, 0.1) is 0 Å². The van der Waals surface area contributed by atoms with Gasteiger partial charge >= 0.3 is 6.09 Å². The van der Waals surface area contributed by atoms with Crippen LogP contribution in [0.15, 0.2) is 0 Å². The first-order chi connectivity index (χ1) is 11.7. The smallest absolute Gasteiger partial charge is 0.407 e. The van der Waals surface area contributed by atoms with E-state index in [9.17, 15) is 14.4 Å². The number of carbonyl (C=O) groups is 3. The van der Waals surface area contributed by atoms with Crippen molar-refractivity contribution in [3.05, 3.63) is 0 Å². The monoisotopic (exact) mass is 361 g/mol. The first-order valence-electron chi connectivity index (χ1n) is 8.31. The van der Waals surface area contributed by atoms with Crippen LogP contribution in [0.5, 0.6) is 0 Å². The van der Waals surface area contributed by atoms with E-state index >= 15 is 0 Å². The van der Waals surface area contributed by atoms with Gasteiger partial charge in [0.05, 0.1) is 13.2 Å². The summed E-state index contributed by atoms with van der Waals surface area (Å²) in [6, 6.07) is 0. The van der Waals surface area contributed by atoms with Gasteiger partial charge in [0.1, 0.15) is 12.2 Å². The van der Waals surface area contributed by atoms with Gasteiger partial charge in [0, 0.05) is 33.2 Å². The van der Waals surface area contributed by atoms with Gasteiger partial charge in [-0.3, -0.25) is 9.59 Å². The highest BCUT2D eigenvalue weighted by atomic mass is 16.6. The average Bonchev–Trinajstić information content (AvgIpc) is 2.49. The highest BCUT2D eigenvalue weighted by Crippen LogP contribution is 2.06. The van der Waals surface area contributed by atoms with Crippen molar-refractivity contribution in [1.82, 2.24) is 16.0 Å². The van der Waals surface area contributed by atoms with E-state index in [2.05, 4.69) is 16.0 Å². The van der Waals surface area contributed by atoms with Crippen LogP contribution in [-0.4, -0.2) is 70.1 Å². The molecule has 0 aromatic carbocycles. The maximum atomic E-state index is 11.6. The molecule has 3 N–H and O–H groups in total. The molecular formula is C16H31N3O6. The van der Waals surface area contributed by atoms with Gasteiger partial charge in [0.2, 0.25) is 11.8 Å². The van der Waals surface area contributed by atoms with Crippen LogP contribution in [0.4, 0.5) is 4.79 Å². The van der Waals surface area contributed by atoms with E-state index in [0.29, 0.717) is 32.7 Å². The Morgan fingerprint density at radius 2 is 1.52 bits per heavy atom. The molecule has 0 atom stereocenters. The van der Waals surface area contributed by atoms with Crippen LogP contribution < -0.4 is 16.0 Å². The Balaban J connectivity index is 3.52. The molecule has 0 rings (SSSR count). The molecule has 9 heteroatoms. The van der Waals surface area contributed by atoms with E-state index in [-0.39, 0.29) is 31.4 Å². The number of amides is 3. The molecule has 0 aromatic heterocycles. The minimum Gasteiger partial charge on any atom is -0.444 e. The molecule has 0 heterocycles. The quantitative estimate of drug-likeness (QED) is 0.427. The molecule has 0 unspecified atom stereocenters. The second-order valence-corrected chi connectivity index (χ2v) is 6.28. The number of alkyl carbamates (subject to hydrolysis) is 1. The molecule has 3 amide bonds. The van der Waals surface area contributed by atoms with Gasteiger partial charge in [-0.05, 0) is 27.2 Å². The van der Waals surface area contributed by atoms with Crippen molar-refractivity contribution in [2.45, 2.75) is 39.2 Å². The predicted octanol–water partition coefficient (Wildman–Crippen LogP) is 0.187. The van der Waals surface area contributed by atoms with Gasteiger partial charge in [0.25, 0.3) is 0 Å². The molecule has 0 saturated heterocycles. The molecule has 0 saturated carbocycles. The predicted molar refractivity (Wildman–Crippen MR) is 92.2 cm³/mol. The summed E-state index contributed by atoms with van der Waals surface area (Å²) < 4.78 is 14.9. The van der Waals surface area contributed by atoms with E-state index in [1.54, 1.807) is 27.9 Å². The highest BCUT2D eigenvalue weighted by Gasteiger charge is 2.15. The van der Waals surface area contributed by atoms with Gasteiger partial charge in [0.15, 0.2) is 0 Å². The molecule has 9 nitrogen and oxygen atoms in total. The molecule has 25 heavy (non-hydrogen) atoms. The van der Waals surface area contributed by atoms with Crippen LogP contribution >= 0.6 is 0 Å². The third-order valence-electron chi connectivity index (χ3n) is 2.68. The Morgan fingerprint density at radius 1 is 0.880 bits per heavy atom. The van der Waals surface area contributed by atoms with Crippen molar-refractivity contribution in [2.24, 2.45) is 0 Å². The van der Waals surface area contributed by atoms with Crippen LogP contribution in [0.25, 0.3) is 0 Å². The molecule has 0 radical (unpaired) electrons. The third kappa shape index (κ3) is 16.8. The lowest BCUT2D eigenvalue weighted by Crippen LogP contribution is -2.36. The Kier molecular flexibility index (Phi) is 12.4. The summed E-state index contributed by atoms with van der Waals surface area (Å²) in [5, 5.41) is 7.91. The summed E-state index contributed by atoms with van der Waals surface area (Å²) in [4.78, 5) is 34.4. The highest BCUT2D eigenvalue weighted by molar-refractivity contribution is 5.77. The second-order valence-electron chi connectivity index (χ2n) is 6.28. The molecule has 0 fully saturated rings. The molecule has 0 bridgehead atoms. The van der Waals surface area contributed by atoms with Crippen molar-refractivity contribution < 1.29 is 28.6 Å². The fourth-order valence-corrected chi connectivity index (χ4v) is 1.58. The fraction of sp³-hybridized carbons (Fsp3) is 0.812. The SMILES string of the molecule is COCCOCC(=O)NCCCNC(=O)CCNC(=O)OC(C)(C)C. The molecule has 0 aliphatic heterocycles. The summed E-state index contributed by atoms with van der Waals surface area (Å²) in [5.74, 6) is -0.380. The van der Waals surface area contributed by atoms with E-state index in [1.807, 2.05) is 0 Å². The Morgan fingerprint density at radius 3 is 2.12 bits per heavy atom. The number of ether oxygens (including phenoxy) is 3. The topological polar surface area (TPSA) is 115 Å². The molecule has 146 valence electrons. The Labute approximate surface area is 149 Å². The van der Waals surface area contributed by atoms with Crippen LogP contribution in [0.3, 0.4) is 0 Å². The Hall–Kier alpha value is -1.87. The average molecular weight is 361 g/mol. The summed E-state index contributed by atoms with van der Waals surface area (Å²) in [7, 11) is 1.56. The summed E-state index contributed by atoms with van der Waals surface area (Å²) in [6.07, 6.45) is 0.226. The minimum atomic E-state index is -0.564. The van der Waals surface area contributed by atoms with Crippen molar-refractivity contribution in [3.63, 3.8) is 0 Å². The first-order valence-corrected chi connectivity index (χ1v) is 8.31. The van der Waals surface area contributed by atoms with Crippen molar-refractivity contribution in [2.75, 3.05) is 46.6 Å². The zero-order valence-corrected chi connectivity index (χ0v) is 15.6. The van der Waals surface area contributed by atoms with Crippen LogP contribution in [0.2, 0.25) is 0 Å². The molecule has 0 aliphatic carbocycles. The number of rotatable bonds is 12. The number of hydrogen-bond donors (Lipinski definition) is 3. The van der Waals surface area contributed by atoms with Crippen molar-refractivity contribution in [1.29, 1.82) is 0 Å². The lowest BCUT2D eigenvalue weighted by atomic mass is 10.2. The summed E-state index contributed by atoms with van der Waals surface area (Å²) >= 11 is 0. The van der Waals surface area contributed by atoms with E-state index in [0.717, 1.165) is 0 Å². The van der Waals surface area contributed by atoms with Gasteiger partial charge < -0.3 is 30.2 Å². The molecule has 0 aromatic rings. The van der Waals surface area contributed by atoms with Gasteiger partial charge in [-0.25, -0.2) is 4.79 Å². The number of methoxy groups -OCH3 is 1. The Bertz CT molecular complexity index is 409. The normalized spacial score (nSPS) is 10.9. The van der Waals surface area contributed by atoms with Crippen molar-refractivity contribution >= 4 is 17.9 Å². The van der Waals surface area contributed by atoms with Crippen LogP contribution in [0.1, 0.15) is 33.6 Å².